The predicted octanol–water partition coefficient (Wildman–Crippen LogP) is 6.41. The first-order chi connectivity index (χ1) is 19.9. The Bertz CT molecular complexity index is 1030. The predicted molar refractivity (Wildman–Crippen MR) is 156 cm³/mol. The molecule has 8 heteroatoms. The average Bonchev–Trinajstić information content (AvgIpc) is 3.47. The summed E-state index contributed by atoms with van der Waals surface area (Å²) in [7, 11) is 0. The maximum Gasteiger partial charge on any atom is 0.351 e. The molecule has 1 unspecified atom stereocenters. The van der Waals surface area contributed by atoms with Crippen LogP contribution in [0.5, 0.6) is 0 Å². The van der Waals surface area contributed by atoms with Gasteiger partial charge in [0.2, 0.25) is 5.60 Å². The molecular weight excluding hydrogens is 536 g/mol. The average molecular weight is 591 g/mol. The molecule has 42 heavy (non-hydrogen) atoms. The Morgan fingerprint density at radius 1 is 0.833 bits per heavy atom. The molecule has 238 valence electrons. The van der Waals surface area contributed by atoms with Crippen molar-refractivity contribution in [2.75, 3.05) is 6.61 Å². The van der Waals surface area contributed by atoms with Crippen molar-refractivity contribution in [1.82, 2.24) is 0 Å². The van der Waals surface area contributed by atoms with Crippen molar-refractivity contribution < 1.29 is 38.0 Å². The third-order valence-electron chi connectivity index (χ3n) is 12.4. The van der Waals surface area contributed by atoms with Gasteiger partial charge in [0.15, 0.2) is 11.9 Å². The fourth-order valence-corrected chi connectivity index (χ4v) is 9.05. The molecule has 0 aromatic carbocycles. The lowest BCUT2D eigenvalue weighted by molar-refractivity contribution is -0.247. The first-order valence-electron chi connectivity index (χ1n) is 17.0. The van der Waals surface area contributed by atoms with Gasteiger partial charge in [0.05, 0.1) is 17.1 Å². The minimum Gasteiger partial charge on any atom is -0.454 e. The summed E-state index contributed by atoms with van der Waals surface area (Å²) in [6.07, 6.45) is 11.2. The molecule has 2 saturated heterocycles. The van der Waals surface area contributed by atoms with E-state index in [1.54, 1.807) is 0 Å². The van der Waals surface area contributed by atoms with E-state index in [2.05, 4.69) is 20.8 Å². The molecule has 2 heterocycles. The monoisotopic (exact) mass is 590 g/mol. The molecule has 6 rings (SSSR count). The van der Waals surface area contributed by atoms with Crippen LogP contribution in [0.4, 0.5) is 0 Å². The van der Waals surface area contributed by atoms with E-state index in [-0.39, 0.29) is 29.7 Å². The second kappa shape index (κ2) is 11.0. The molecule has 2 aliphatic heterocycles. The van der Waals surface area contributed by atoms with E-state index < -0.39 is 46.5 Å². The summed E-state index contributed by atoms with van der Waals surface area (Å²) >= 11 is 0. The Morgan fingerprint density at radius 2 is 1.45 bits per heavy atom. The van der Waals surface area contributed by atoms with Crippen molar-refractivity contribution in [1.29, 1.82) is 0 Å². The maximum absolute atomic E-state index is 14.4. The SMILES string of the molecule is CCCCO[C@@H]1[C@H](C)[C@H](OC2(C)CCCCC2)[C@@H](OC(=O)[C@@]23CC[C@@](C)(C(=O)O2)C3(C)C)C2OC3(CCCCC3)O[C@H]21. The van der Waals surface area contributed by atoms with Crippen molar-refractivity contribution in [3.63, 3.8) is 0 Å². The smallest absolute Gasteiger partial charge is 0.351 e. The Balaban J connectivity index is 1.35. The second-order valence-electron chi connectivity index (χ2n) is 15.3. The van der Waals surface area contributed by atoms with Crippen molar-refractivity contribution in [3.05, 3.63) is 0 Å². The highest BCUT2D eigenvalue weighted by atomic mass is 16.8. The van der Waals surface area contributed by atoms with Crippen molar-refractivity contribution in [2.45, 2.75) is 179 Å². The highest BCUT2D eigenvalue weighted by molar-refractivity contribution is 5.93. The van der Waals surface area contributed by atoms with Gasteiger partial charge in [-0.15, -0.1) is 0 Å². The molecule has 4 saturated carbocycles. The molecule has 0 amide bonds. The molecule has 0 N–H and O–H groups in total. The van der Waals surface area contributed by atoms with E-state index in [9.17, 15) is 9.59 Å². The van der Waals surface area contributed by atoms with Gasteiger partial charge in [0, 0.05) is 30.8 Å². The number of carbonyl (C=O) groups excluding carboxylic acids is 2. The van der Waals surface area contributed by atoms with Crippen molar-refractivity contribution in [3.8, 4) is 0 Å². The lowest BCUT2D eigenvalue weighted by atomic mass is 9.66. The zero-order chi connectivity index (χ0) is 30.0. The lowest BCUT2D eigenvalue weighted by Gasteiger charge is -2.49. The van der Waals surface area contributed by atoms with Crippen LogP contribution in [0.2, 0.25) is 0 Å². The van der Waals surface area contributed by atoms with Gasteiger partial charge in [-0.2, -0.15) is 0 Å². The number of unbranched alkanes of at least 4 members (excludes halogenated alkanes) is 1. The zero-order valence-electron chi connectivity index (χ0n) is 26.8. The number of rotatable bonds is 8. The van der Waals surface area contributed by atoms with Gasteiger partial charge in [0.25, 0.3) is 0 Å². The third kappa shape index (κ3) is 4.68. The van der Waals surface area contributed by atoms with E-state index in [1.165, 1.54) is 12.8 Å². The Kier molecular flexibility index (Phi) is 8.06. The summed E-state index contributed by atoms with van der Waals surface area (Å²) in [5, 5.41) is 0. The molecule has 4 aliphatic carbocycles. The quantitative estimate of drug-likeness (QED) is 0.237. The van der Waals surface area contributed by atoms with Crippen LogP contribution in [-0.4, -0.2) is 66.1 Å². The molecule has 8 atom stereocenters. The maximum atomic E-state index is 14.4. The summed E-state index contributed by atoms with van der Waals surface area (Å²) in [6.45, 7) is 13.0. The first-order valence-corrected chi connectivity index (χ1v) is 17.0. The minimum absolute atomic E-state index is 0.0903. The Morgan fingerprint density at radius 3 is 2.02 bits per heavy atom. The zero-order valence-corrected chi connectivity index (χ0v) is 26.8. The lowest BCUT2D eigenvalue weighted by Crippen LogP contribution is -2.64. The summed E-state index contributed by atoms with van der Waals surface area (Å²) < 4.78 is 40.0. The van der Waals surface area contributed by atoms with Crippen LogP contribution in [0.3, 0.4) is 0 Å². The number of ether oxygens (including phenoxy) is 6. The van der Waals surface area contributed by atoms with Crippen LogP contribution < -0.4 is 0 Å². The van der Waals surface area contributed by atoms with E-state index in [0.29, 0.717) is 19.4 Å². The van der Waals surface area contributed by atoms with E-state index in [1.807, 2.05) is 20.8 Å². The van der Waals surface area contributed by atoms with E-state index in [4.69, 9.17) is 28.4 Å². The number of carbonyl (C=O) groups is 2. The highest BCUT2D eigenvalue weighted by Crippen LogP contribution is 2.66. The van der Waals surface area contributed by atoms with Crippen LogP contribution >= 0.6 is 0 Å². The fraction of sp³-hybridized carbons (Fsp3) is 0.941. The first kappa shape index (κ1) is 30.8. The van der Waals surface area contributed by atoms with Crippen molar-refractivity contribution >= 4 is 11.9 Å². The Hall–Kier alpha value is -1.22. The normalized spacial score (nSPS) is 43.2. The minimum atomic E-state index is -1.31. The van der Waals surface area contributed by atoms with E-state index in [0.717, 1.165) is 64.2 Å². The largest absolute Gasteiger partial charge is 0.454 e. The molecule has 6 fully saturated rings. The molecule has 8 nitrogen and oxygen atoms in total. The topological polar surface area (TPSA) is 89.5 Å². The number of hydrogen-bond donors (Lipinski definition) is 0. The summed E-state index contributed by atoms with van der Waals surface area (Å²) in [5.41, 5.74) is -3.03. The summed E-state index contributed by atoms with van der Waals surface area (Å²) in [6, 6.07) is 0. The van der Waals surface area contributed by atoms with Crippen LogP contribution in [0.25, 0.3) is 0 Å². The molecular formula is C34H54O8. The van der Waals surface area contributed by atoms with Gasteiger partial charge in [-0.1, -0.05) is 59.8 Å². The van der Waals surface area contributed by atoms with Crippen LogP contribution in [0.15, 0.2) is 0 Å². The standard InChI is InChI=1S/C34H54O8/c1-7-8-21-37-23-22(2)24(39-31(5)15-11-9-12-16-31)25(27-26(23)40-33(41-27)17-13-10-14-18-33)38-29(36)34-20-19-32(6,28(35)42-34)30(34,3)4/h22-27H,7-21H2,1-6H3/t22-,23+,24-,25+,26-,27?,32-,34+/m0/s1. The molecule has 0 aromatic heterocycles. The van der Waals surface area contributed by atoms with Gasteiger partial charge >= 0.3 is 11.9 Å². The molecule has 2 bridgehead atoms. The molecule has 0 aromatic rings. The number of hydrogen-bond acceptors (Lipinski definition) is 8. The second-order valence-corrected chi connectivity index (χ2v) is 15.3. The van der Waals surface area contributed by atoms with Crippen LogP contribution in [-0.2, 0) is 38.0 Å². The summed E-state index contributed by atoms with van der Waals surface area (Å²) in [5.74, 6) is -1.55. The van der Waals surface area contributed by atoms with E-state index >= 15 is 0 Å². The summed E-state index contributed by atoms with van der Waals surface area (Å²) in [4.78, 5) is 27.4. The highest BCUT2D eigenvalue weighted by Gasteiger charge is 2.77. The number of esters is 2. The van der Waals surface area contributed by atoms with Crippen LogP contribution in [0, 0.1) is 16.7 Å². The molecule has 0 radical (unpaired) electrons. The van der Waals surface area contributed by atoms with Gasteiger partial charge in [-0.3, -0.25) is 4.79 Å². The Labute approximate surface area is 252 Å². The van der Waals surface area contributed by atoms with Gasteiger partial charge < -0.3 is 28.4 Å². The molecule has 6 aliphatic rings. The molecule has 1 spiro atoms. The number of fused-ring (bicyclic) bond motifs is 3. The van der Waals surface area contributed by atoms with Crippen LogP contribution in [0.1, 0.15) is 131 Å². The van der Waals surface area contributed by atoms with Crippen molar-refractivity contribution in [2.24, 2.45) is 16.7 Å². The van der Waals surface area contributed by atoms with Gasteiger partial charge in [-0.05, 0) is 58.8 Å². The third-order valence-corrected chi connectivity index (χ3v) is 12.4. The fourth-order valence-electron chi connectivity index (χ4n) is 9.05. The van der Waals surface area contributed by atoms with Gasteiger partial charge in [0.1, 0.15) is 18.3 Å². The van der Waals surface area contributed by atoms with Gasteiger partial charge in [-0.25, -0.2) is 4.79 Å².